The molecule has 1 saturated carbocycles. The number of para-hydroxylation sites is 1. The van der Waals surface area contributed by atoms with Gasteiger partial charge >= 0.3 is 6.18 Å². The van der Waals surface area contributed by atoms with Gasteiger partial charge in [-0.1, -0.05) is 18.2 Å². The Kier molecular flexibility index (Phi) is 8.72. The quantitative estimate of drug-likeness (QED) is 0.398. The van der Waals surface area contributed by atoms with Gasteiger partial charge in [0.1, 0.15) is 5.76 Å². The molecule has 208 valence electrons. The van der Waals surface area contributed by atoms with Crippen LogP contribution in [-0.4, -0.2) is 52.5 Å². The van der Waals surface area contributed by atoms with Crippen molar-refractivity contribution in [3.05, 3.63) is 71.9 Å². The Labute approximate surface area is 223 Å². The van der Waals surface area contributed by atoms with Gasteiger partial charge in [-0.3, -0.25) is 14.4 Å². The molecule has 0 bridgehead atoms. The van der Waals surface area contributed by atoms with Crippen molar-refractivity contribution >= 4 is 17.7 Å². The Morgan fingerprint density at radius 1 is 1.00 bits per heavy atom. The van der Waals surface area contributed by atoms with E-state index in [1.165, 1.54) is 0 Å². The summed E-state index contributed by atoms with van der Waals surface area (Å²) in [6.45, 7) is 0.392. The zero-order valence-electron chi connectivity index (χ0n) is 21.4. The number of carbonyl (C=O) groups excluding carboxylic acids is 3. The van der Waals surface area contributed by atoms with Crippen LogP contribution in [0.25, 0.3) is 5.69 Å². The largest absolute Gasteiger partial charge is 0.467 e. The molecule has 2 N–H and O–H groups in total. The summed E-state index contributed by atoms with van der Waals surface area (Å²) in [4.78, 5) is 39.5. The molecule has 0 spiro atoms. The Balaban J connectivity index is 1.22. The van der Waals surface area contributed by atoms with Crippen LogP contribution < -0.4 is 10.6 Å². The average molecular weight is 546 g/mol. The number of alkyl halides is 3. The van der Waals surface area contributed by atoms with Gasteiger partial charge in [-0.2, -0.15) is 18.3 Å². The number of aromatic nitrogens is 2. The van der Waals surface area contributed by atoms with Crippen LogP contribution in [0.1, 0.15) is 47.5 Å². The molecule has 4 rings (SSSR count). The van der Waals surface area contributed by atoms with E-state index in [1.54, 1.807) is 60.7 Å². The number of carbonyl (C=O) groups is 3. The van der Waals surface area contributed by atoms with Crippen LogP contribution in [0.2, 0.25) is 0 Å². The molecule has 1 aliphatic carbocycles. The highest BCUT2D eigenvalue weighted by molar-refractivity contribution is 5.95. The van der Waals surface area contributed by atoms with Crippen molar-refractivity contribution in [2.75, 3.05) is 20.1 Å². The molecule has 1 fully saturated rings. The first kappa shape index (κ1) is 27.9. The number of rotatable bonds is 9. The standard InChI is InChI=1S/C27H30F3N5O4/c1-34(16-21-8-5-15-39-21)26(38)19-11-9-18(10-12-19)24(36)31-13-14-32-25(37)22-17-35(20-6-3-2-4-7-20)33-23(22)27(28,29)30/h2-8,15,17-19H,9-14,16H2,1H3,(H,31,36)(H,32,37). The van der Waals surface area contributed by atoms with Gasteiger partial charge in [0.15, 0.2) is 5.69 Å². The average Bonchev–Trinajstić information content (AvgIpc) is 3.61. The van der Waals surface area contributed by atoms with Crippen molar-refractivity contribution in [1.82, 2.24) is 25.3 Å². The predicted molar refractivity (Wildman–Crippen MR) is 135 cm³/mol. The van der Waals surface area contributed by atoms with Crippen LogP contribution >= 0.6 is 0 Å². The van der Waals surface area contributed by atoms with E-state index in [9.17, 15) is 27.6 Å². The van der Waals surface area contributed by atoms with Crippen molar-refractivity contribution in [2.24, 2.45) is 11.8 Å². The molecule has 2 aromatic heterocycles. The van der Waals surface area contributed by atoms with Crippen molar-refractivity contribution < 1.29 is 32.0 Å². The minimum absolute atomic E-state index is 0.0155. The SMILES string of the molecule is CN(Cc1ccco1)C(=O)C1CCC(C(=O)NCCNC(=O)c2cn(-c3ccccc3)nc2C(F)(F)F)CC1. The molecule has 12 heteroatoms. The number of nitrogens with one attached hydrogen (secondary N) is 2. The van der Waals surface area contributed by atoms with E-state index in [-0.39, 0.29) is 36.7 Å². The van der Waals surface area contributed by atoms with Crippen LogP contribution in [-0.2, 0) is 22.3 Å². The van der Waals surface area contributed by atoms with Gasteiger partial charge in [0.05, 0.1) is 24.1 Å². The van der Waals surface area contributed by atoms with Crippen molar-refractivity contribution in [3.63, 3.8) is 0 Å². The third-order valence-corrected chi connectivity index (χ3v) is 6.75. The lowest BCUT2D eigenvalue weighted by atomic mass is 9.81. The van der Waals surface area contributed by atoms with Crippen molar-refractivity contribution in [2.45, 2.75) is 38.4 Å². The molecule has 9 nitrogen and oxygen atoms in total. The monoisotopic (exact) mass is 545 g/mol. The van der Waals surface area contributed by atoms with Gasteiger partial charge in [0, 0.05) is 38.2 Å². The molecule has 3 amide bonds. The fourth-order valence-corrected chi connectivity index (χ4v) is 4.69. The summed E-state index contributed by atoms with van der Waals surface area (Å²) >= 11 is 0. The molecule has 3 aromatic rings. The molecule has 0 radical (unpaired) electrons. The second kappa shape index (κ2) is 12.2. The van der Waals surface area contributed by atoms with Crippen LogP contribution in [0.15, 0.2) is 59.3 Å². The lowest BCUT2D eigenvalue weighted by Crippen LogP contribution is -2.40. The Bertz CT molecular complexity index is 1270. The van der Waals surface area contributed by atoms with Gasteiger partial charge in [0.25, 0.3) is 5.91 Å². The summed E-state index contributed by atoms with van der Waals surface area (Å²) in [5.41, 5.74) is -1.50. The highest BCUT2D eigenvalue weighted by Crippen LogP contribution is 2.32. The molecule has 0 saturated heterocycles. The zero-order valence-corrected chi connectivity index (χ0v) is 21.4. The maximum absolute atomic E-state index is 13.5. The molecule has 0 aliphatic heterocycles. The zero-order chi connectivity index (χ0) is 28.0. The molecule has 1 aromatic carbocycles. The minimum atomic E-state index is -4.81. The van der Waals surface area contributed by atoms with E-state index in [1.807, 2.05) is 0 Å². The maximum Gasteiger partial charge on any atom is 0.435 e. The third-order valence-electron chi connectivity index (χ3n) is 6.75. The summed E-state index contributed by atoms with van der Waals surface area (Å²) in [6.07, 6.45) is 0.0616. The smallest absolute Gasteiger partial charge is 0.435 e. The van der Waals surface area contributed by atoms with Gasteiger partial charge in [-0.25, -0.2) is 4.68 Å². The number of halogens is 3. The molecule has 2 heterocycles. The summed E-state index contributed by atoms with van der Waals surface area (Å²) < 4.78 is 46.8. The van der Waals surface area contributed by atoms with E-state index < -0.39 is 23.3 Å². The number of furan rings is 1. The van der Waals surface area contributed by atoms with Gasteiger partial charge < -0.3 is 20.0 Å². The summed E-state index contributed by atoms with van der Waals surface area (Å²) in [5, 5.41) is 8.72. The van der Waals surface area contributed by atoms with Crippen LogP contribution in [0.4, 0.5) is 13.2 Å². The van der Waals surface area contributed by atoms with E-state index in [0.717, 1.165) is 10.9 Å². The number of hydrogen-bond donors (Lipinski definition) is 2. The fourth-order valence-electron chi connectivity index (χ4n) is 4.69. The second-order valence-corrected chi connectivity index (χ2v) is 9.54. The normalized spacial score (nSPS) is 17.4. The molecule has 0 atom stereocenters. The third kappa shape index (κ3) is 7.06. The Morgan fingerprint density at radius 3 is 2.31 bits per heavy atom. The van der Waals surface area contributed by atoms with Crippen LogP contribution in [0.5, 0.6) is 0 Å². The molecular weight excluding hydrogens is 515 g/mol. The first-order valence-corrected chi connectivity index (χ1v) is 12.7. The maximum atomic E-state index is 13.5. The van der Waals surface area contributed by atoms with E-state index in [0.29, 0.717) is 43.7 Å². The minimum Gasteiger partial charge on any atom is -0.467 e. The topological polar surface area (TPSA) is 109 Å². The molecule has 1 aliphatic rings. The number of amides is 3. The number of nitrogens with zero attached hydrogens (tertiary/aromatic N) is 3. The summed E-state index contributed by atoms with van der Waals surface area (Å²) in [5.74, 6) is -0.843. The lowest BCUT2D eigenvalue weighted by molar-refractivity contribution is -0.141. The van der Waals surface area contributed by atoms with Gasteiger partial charge in [-0.05, 0) is 49.9 Å². The number of benzene rings is 1. The second-order valence-electron chi connectivity index (χ2n) is 9.54. The van der Waals surface area contributed by atoms with Crippen LogP contribution in [0, 0.1) is 11.8 Å². The first-order chi connectivity index (χ1) is 18.6. The van der Waals surface area contributed by atoms with Gasteiger partial charge in [0.2, 0.25) is 11.8 Å². The molecule has 39 heavy (non-hydrogen) atoms. The summed E-state index contributed by atoms with van der Waals surface area (Å²) in [6, 6.07) is 11.7. The highest BCUT2D eigenvalue weighted by Gasteiger charge is 2.39. The van der Waals surface area contributed by atoms with Crippen molar-refractivity contribution in [3.8, 4) is 5.69 Å². The Morgan fingerprint density at radius 2 is 1.67 bits per heavy atom. The number of hydrogen-bond acceptors (Lipinski definition) is 5. The predicted octanol–water partition coefficient (Wildman–Crippen LogP) is 3.80. The first-order valence-electron chi connectivity index (χ1n) is 12.7. The highest BCUT2D eigenvalue weighted by atomic mass is 19.4. The van der Waals surface area contributed by atoms with Crippen LogP contribution in [0.3, 0.4) is 0 Å². The summed E-state index contributed by atoms with van der Waals surface area (Å²) in [7, 11) is 1.72. The Hall–Kier alpha value is -4.09. The van der Waals surface area contributed by atoms with E-state index in [2.05, 4.69) is 15.7 Å². The lowest BCUT2D eigenvalue weighted by Gasteiger charge is -2.29. The van der Waals surface area contributed by atoms with Gasteiger partial charge in [-0.15, -0.1) is 0 Å². The molecular formula is C27H30F3N5O4. The van der Waals surface area contributed by atoms with E-state index >= 15 is 0 Å². The molecule has 0 unspecified atom stereocenters. The van der Waals surface area contributed by atoms with E-state index in [4.69, 9.17) is 4.42 Å². The fraction of sp³-hybridized carbons (Fsp3) is 0.407. The van der Waals surface area contributed by atoms with Crippen molar-refractivity contribution in [1.29, 1.82) is 0 Å².